The standard InChI is InChI=1S/C24H27N3O.C2H2O4/c28-24(25-22-10-2-1-3-11-22)13-14-26-15-17-27(18-16-26)19-21-9-6-8-20-7-4-5-12-23(20)21;3-1(4)2(5)6/h1-12H,13-19H2,(H,25,28);(H,3,4)(H,5,6). The highest BCUT2D eigenvalue weighted by molar-refractivity contribution is 6.27. The van der Waals surface area contributed by atoms with Gasteiger partial charge in [-0.3, -0.25) is 9.69 Å². The van der Waals surface area contributed by atoms with Crippen LogP contribution in [0.3, 0.4) is 0 Å². The average molecular weight is 464 g/mol. The van der Waals surface area contributed by atoms with Crippen molar-refractivity contribution in [3.8, 4) is 0 Å². The molecule has 1 amide bonds. The van der Waals surface area contributed by atoms with E-state index in [4.69, 9.17) is 19.8 Å². The van der Waals surface area contributed by atoms with Crippen molar-refractivity contribution in [2.75, 3.05) is 38.0 Å². The van der Waals surface area contributed by atoms with Crippen LogP contribution in [0.5, 0.6) is 0 Å². The molecule has 1 heterocycles. The number of carboxylic acid groups (broad SMARTS) is 2. The molecule has 8 nitrogen and oxygen atoms in total. The third-order valence-electron chi connectivity index (χ3n) is 5.63. The first-order valence-corrected chi connectivity index (χ1v) is 11.1. The smallest absolute Gasteiger partial charge is 0.414 e. The second-order valence-corrected chi connectivity index (χ2v) is 8.03. The van der Waals surface area contributed by atoms with Crippen molar-refractivity contribution in [2.24, 2.45) is 0 Å². The third kappa shape index (κ3) is 7.68. The maximum Gasteiger partial charge on any atom is 0.414 e. The summed E-state index contributed by atoms with van der Waals surface area (Å²) in [4.78, 5) is 35.2. The molecule has 178 valence electrons. The van der Waals surface area contributed by atoms with Crippen LogP contribution >= 0.6 is 0 Å². The first-order valence-electron chi connectivity index (χ1n) is 11.1. The second kappa shape index (κ2) is 12.5. The van der Waals surface area contributed by atoms with E-state index in [1.54, 1.807) is 0 Å². The SMILES string of the molecule is O=C(CCN1CCN(Cc2cccc3ccccc23)CC1)Nc1ccccc1.O=C(O)C(=O)O. The van der Waals surface area contributed by atoms with E-state index >= 15 is 0 Å². The fourth-order valence-electron chi connectivity index (χ4n) is 3.85. The minimum atomic E-state index is -1.82. The van der Waals surface area contributed by atoms with Gasteiger partial charge in [0, 0.05) is 51.4 Å². The highest BCUT2D eigenvalue weighted by atomic mass is 16.4. The zero-order valence-electron chi connectivity index (χ0n) is 18.9. The van der Waals surface area contributed by atoms with Crippen LogP contribution in [0, 0.1) is 0 Å². The van der Waals surface area contributed by atoms with E-state index in [1.165, 1.54) is 16.3 Å². The van der Waals surface area contributed by atoms with Crippen LogP contribution in [0.25, 0.3) is 10.8 Å². The summed E-state index contributed by atoms with van der Waals surface area (Å²) in [5.41, 5.74) is 2.26. The number of carbonyl (C=O) groups is 3. The Balaban J connectivity index is 0.000000481. The Morgan fingerprint density at radius 3 is 2.00 bits per heavy atom. The minimum Gasteiger partial charge on any atom is -0.473 e. The lowest BCUT2D eigenvalue weighted by atomic mass is 10.0. The summed E-state index contributed by atoms with van der Waals surface area (Å²) in [6.45, 7) is 5.93. The van der Waals surface area contributed by atoms with Gasteiger partial charge < -0.3 is 20.4 Å². The molecule has 1 aliphatic heterocycles. The largest absolute Gasteiger partial charge is 0.473 e. The second-order valence-electron chi connectivity index (χ2n) is 8.03. The molecule has 3 N–H and O–H groups in total. The molecule has 0 radical (unpaired) electrons. The molecule has 0 spiro atoms. The Bertz CT molecular complexity index is 1090. The van der Waals surface area contributed by atoms with E-state index < -0.39 is 11.9 Å². The number of amides is 1. The van der Waals surface area contributed by atoms with Gasteiger partial charge in [0.25, 0.3) is 0 Å². The number of nitrogens with zero attached hydrogens (tertiary/aromatic N) is 2. The number of nitrogens with one attached hydrogen (secondary N) is 1. The molecule has 0 aromatic heterocycles. The topological polar surface area (TPSA) is 110 Å². The van der Waals surface area contributed by atoms with E-state index in [0.717, 1.165) is 45.0 Å². The molecule has 1 fully saturated rings. The molecule has 1 saturated heterocycles. The number of anilines is 1. The van der Waals surface area contributed by atoms with Gasteiger partial charge in [-0.15, -0.1) is 0 Å². The number of rotatable bonds is 6. The molecule has 0 atom stereocenters. The number of carbonyl (C=O) groups excluding carboxylic acids is 1. The summed E-state index contributed by atoms with van der Waals surface area (Å²) in [6.07, 6.45) is 0.540. The van der Waals surface area contributed by atoms with Gasteiger partial charge in [-0.05, 0) is 28.5 Å². The number of carboxylic acids is 2. The van der Waals surface area contributed by atoms with Crippen LogP contribution < -0.4 is 5.32 Å². The third-order valence-corrected chi connectivity index (χ3v) is 5.63. The van der Waals surface area contributed by atoms with Crippen LogP contribution in [-0.4, -0.2) is 70.6 Å². The maximum atomic E-state index is 12.1. The van der Waals surface area contributed by atoms with E-state index in [-0.39, 0.29) is 5.91 Å². The highest BCUT2D eigenvalue weighted by Crippen LogP contribution is 2.20. The number of hydrogen-bond acceptors (Lipinski definition) is 5. The lowest BCUT2D eigenvalue weighted by molar-refractivity contribution is -0.159. The lowest BCUT2D eigenvalue weighted by Gasteiger charge is -2.34. The molecule has 0 aliphatic carbocycles. The number of aliphatic carboxylic acids is 2. The molecular formula is C26H29N3O5. The van der Waals surface area contributed by atoms with Gasteiger partial charge >= 0.3 is 11.9 Å². The Morgan fingerprint density at radius 1 is 0.735 bits per heavy atom. The number of para-hydroxylation sites is 1. The highest BCUT2D eigenvalue weighted by Gasteiger charge is 2.18. The van der Waals surface area contributed by atoms with Gasteiger partial charge in [0.15, 0.2) is 0 Å². The molecular weight excluding hydrogens is 434 g/mol. The first kappa shape index (κ1) is 24.9. The number of hydrogen-bond donors (Lipinski definition) is 3. The number of fused-ring (bicyclic) bond motifs is 1. The molecule has 1 aliphatic rings. The van der Waals surface area contributed by atoms with Crippen LogP contribution in [0.2, 0.25) is 0 Å². The van der Waals surface area contributed by atoms with Gasteiger partial charge in [-0.1, -0.05) is 60.7 Å². The minimum absolute atomic E-state index is 0.0874. The molecule has 8 heteroatoms. The molecule has 3 aromatic carbocycles. The predicted octanol–water partition coefficient (Wildman–Crippen LogP) is 3.14. The first-order chi connectivity index (χ1) is 16.4. The molecule has 34 heavy (non-hydrogen) atoms. The van der Waals surface area contributed by atoms with Crippen molar-refractivity contribution in [3.05, 3.63) is 78.4 Å². The molecule has 0 saturated carbocycles. The van der Waals surface area contributed by atoms with E-state index in [0.29, 0.717) is 6.42 Å². The molecule has 3 aromatic rings. The van der Waals surface area contributed by atoms with E-state index in [2.05, 4.69) is 57.6 Å². The zero-order valence-corrected chi connectivity index (χ0v) is 18.9. The van der Waals surface area contributed by atoms with Gasteiger partial charge in [0.1, 0.15) is 0 Å². The Hall–Kier alpha value is -3.75. The molecule has 0 unspecified atom stereocenters. The van der Waals surface area contributed by atoms with Crippen LogP contribution in [0.1, 0.15) is 12.0 Å². The predicted molar refractivity (Wildman–Crippen MR) is 131 cm³/mol. The van der Waals surface area contributed by atoms with E-state index in [9.17, 15) is 4.79 Å². The van der Waals surface area contributed by atoms with Crippen molar-refractivity contribution in [3.63, 3.8) is 0 Å². The van der Waals surface area contributed by atoms with Crippen LogP contribution in [0.15, 0.2) is 72.8 Å². The summed E-state index contributed by atoms with van der Waals surface area (Å²) in [7, 11) is 0. The van der Waals surface area contributed by atoms with Crippen molar-refractivity contribution in [1.82, 2.24) is 9.80 Å². The van der Waals surface area contributed by atoms with Crippen molar-refractivity contribution < 1.29 is 24.6 Å². The van der Waals surface area contributed by atoms with Gasteiger partial charge in [-0.25, -0.2) is 9.59 Å². The van der Waals surface area contributed by atoms with Crippen LogP contribution in [0.4, 0.5) is 5.69 Å². The van der Waals surface area contributed by atoms with Gasteiger partial charge in [-0.2, -0.15) is 0 Å². The fourth-order valence-corrected chi connectivity index (χ4v) is 3.85. The number of piperazine rings is 1. The zero-order chi connectivity index (χ0) is 24.3. The summed E-state index contributed by atoms with van der Waals surface area (Å²) in [5, 5.41) is 20.4. The quantitative estimate of drug-likeness (QED) is 0.482. The summed E-state index contributed by atoms with van der Waals surface area (Å²) >= 11 is 0. The number of benzene rings is 3. The van der Waals surface area contributed by atoms with Crippen molar-refractivity contribution in [2.45, 2.75) is 13.0 Å². The van der Waals surface area contributed by atoms with E-state index in [1.807, 2.05) is 30.3 Å². The van der Waals surface area contributed by atoms with Crippen LogP contribution in [-0.2, 0) is 20.9 Å². The lowest BCUT2D eigenvalue weighted by Crippen LogP contribution is -2.46. The Morgan fingerprint density at radius 2 is 1.32 bits per heavy atom. The summed E-state index contributed by atoms with van der Waals surface area (Å²) in [6, 6.07) is 24.8. The normalized spacial score (nSPS) is 14.1. The molecule has 0 bridgehead atoms. The summed E-state index contributed by atoms with van der Waals surface area (Å²) in [5.74, 6) is -3.56. The Kier molecular flexibility index (Phi) is 9.13. The van der Waals surface area contributed by atoms with Crippen molar-refractivity contribution in [1.29, 1.82) is 0 Å². The summed E-state index contributed by atoms with van der Waals surface area (Å²) < 4.78 is 0. The molecule has 4 rings (SSSR count). The fraction of sp³-hybridized carbons (Fsp3) is 0.269. The average Bonchev–Trinajstić information content (AvgIpc) is 2.85. The Labute approximate surface area is 198 Å². The van der Waals surface area contributed by atoms with Gasteiger partial charge in [0.05, 0.1) is 0 Å². The van der Waals surface area contributed by atoms with Crippen molar-refractivity contribution >= 4 is 34.3 Å². The van der Waals surface area contributed by atoms with Gasteiger partial charge in [0.2, 0.25) is 5.91 Å². The monoisotopic (exact) mass is 463 g/mol. The maximum absolute atomic E-state index is 12.1.